The summed E-state index contributed by atoms with van der Waals surface area (Å²) in [6, 6.07) is 0. The highest BCUT2D eigenvalue weighted by Gasteiger charge is 1.94. The second kappa shape index (κ2) is 6.92. The van der Waals surface area contributed by atoms with Crippen LogP contribution in [0.4, 0.5) is 0 Å². The number of rotatable bonds is 5. The van der Waals surface area contributed by atoms with E-state index in [-0.39, 0.29) is 19.8 Å². The molecule has 60 valence electrons. The standard InChI is InChI=1S/C6H12O3S/c7-3-1-2-6(10)9-5-4-8/h7-8H,1-5H2. The Morgan fingerprint density at radius 3 is 2.50 bits per heavy atom. The fraction of sp³-hybridized carbons (Fsp3) is 0.833. The van der Waals surface area contributed by atoms with Gasteiger partial charge in [-0.15, -0.1) is 0 Å². The van der Waals surface area contributed by atoms with E-state index in [1.165, 1.54) is 0 Å². The van der Waals surface area contributed by atoms with Gasteiger partial charge < -0.3 is 14.9 Å². The fourth-order valence-corrected chi connectivity index (χ4v) is 0.683. The second-order valence-corrected chi connectivity index (χ2v) is 2.23. The Balaban J connectivity index is 3.09. The maximum absolute atomic E-state index is 8.38. The number of hydrogen-bond donors (Lipinski definition) is 2. The molecule has 0 aliphatic rings. The molecule has 0 aromatic rings. The van der Waals surface area contributed by atoms with Crippen LogP contribution in [0, 0.1) is 0 Å². The highest BCUT2D eigenvalue weighted by Crippen LogP contribution is 1.93. The SMILES string of the molecule is OCCCC(=S)OCCO. The lowest BCUT2D eigenvalue weighted by molar-refractivity contribution is 0.192. The topological polar surface area (TPSA) is 49.7 Å². The van der Waals surface area contributed by atoms with Crippen LogP contribution in [0.15, 0.2) is 0 Å². The molecule has 0 saturated carbocycles. The van der Waals surface area contributed by atoms with Crippen LogP contribution in [0.3, 0.4) is 0 Å². The van der Waals surface area contributed by atoms with Gasteiger partial charge in [0.2, 0.25) is 0 Å². The predicted octanol–water partition coefficient (Wildman–Crippen LogP) is 0.0952. The van der Waals surface area contributed by atoms with Crippen LogP contribution in [0.25, 0.3) is 0 Å². The van der Waals surface area contributed by atoms with Crippen molar-refractivity contribution in [2.75, 3.05) is 19.8 Å². The van der Waals surface area contributed by atoms with Gasteiger partial charge in [-0.2, -0.15) is 0 Å². The van der Waals surface area contributed by atoms with Crippen LogP contribution in [-0.4, -0.2) is 35.1 Å². The van der Waals surface area contributed by atoms with Gasteiger partial charge in [-0.3, -0.25) is 0 Å². The molecule has 0 aromatic carbocycles. The molecule has 0 bridgehead atoms. The number of hydrogen-bond acceptors (Lipinski definition) is 4. The molecule has 4 heteroatoms. The van der Waals surface area contributed by atoms with E-state index in [4.69, 9.17) is 27.2 Å². The van der Waals surface area contributed by atoms with Crippen molar-refractivity contribution in [2.45, 2.75) is 12.8 Å². The van der Waals surface area contributed by atoms with Gasteiger partial charge in [-0.25, -0.2) is 0 Å². The van der Waals surface area contributed by atoms with Crippen LogP contribution in [0.5, 0.6) is 0 Å². The van der Waals surface area contributed by atoms with E-state index >= 15 is 0 Å². The minimum atomic E-state index is -0.0146. The highest BCUT2D eigenvalue weighted by atomic mass is 32.1. The molecule has 0 radical (unpaired) electrons. The molecule has 0 saturated heterocycles. The molecule has 0 aromatic heterocycles. The summed E-state index contributed by atoms with van der Waals surface area (Å²) in [6.45, 7) is 0.367. The average Bonchev–Trinajstić information content (AvgIpc) is 1.97. The maximum Gasteiger partial charge on any atom is 0.159 e. The zero-order chi connectivity index (χ0) is 7.82. The normalized spacial score (nSPS) is 9.40. The molecule has 10 heavy (non-hydrogen) atoms. The first-order chi connectivity index (χ1) is 4.81. The lowest BCUT2D eigenvalue weighted by atomic mass is 10.3. The Labute approximate surface area is 65.6 Å². The van der Waals surface area contributed by atoms with E-state index in [0.29, 0.717) is 17.9 Å². The molecule has 0 heterocycles. The predicted molar refractivity (Wildman–Crippen MR) is 42.0 cm³/mol. The first-order valence-corrected chi connectivity index (χ1v) is 3.59. The molecule has 0 fully saturated rings. The van der Waals surface area contributed by atoms with E-state index in [9.17, 15) is 0 Å². The number of aliphatic hydroxyl groups is 2. The molecule has 0 amide bonds. The van der Waals surface area contributed by atoms with Crippen LogP contribution in [-0.2, 0) is 4.74 Å². The summed E-state index contributed by atoms with van der Waals surface area (Å²) in [5.41, 5.74) is 0. The number of thiocarbonyl (C=S) groups is 1. The Morgan fingerprint density at radius 1 is 1.30 bits per heavy atom. The molecule has 0 rings (SSSR count). The van der Waals surface area contributed by atoms with Crippen LogP contribution in [0.2, 0.25) is 0 Å². The number of aliphatic hydroxyl groups excluding tert-OH is 2. The zero-order valence-corrected chi connectivity index (χ0v) is 6.56. The van der Waals surface area contributed by atoms with Crippen LogP contribution < -0.4 is 0 Å². The molecule has 0 aliphatic carbocycles. The second-order valence-electron chi connectivity index (χ2n) is 1.77. The van der Waals surface area contributed by atoms with Gasteiger partial charge in [0, 0.05) is 13.0 Å². The first kappa shape index (κ1) is 9.81. The molecule has 2 N–H and O–H groups in total. The number of ether oxygens (including phenoxy) is 1. The highest BCUT2D eigenvalue weighted by molar-refractivity contribution is 7.80. The molecule has 0 atom stereocenters. The summed E-state index contributed by atoms with van der Waals surface area (Å²) in [7, 11) is 0. The van der Waals surface area contributed by atoms with E-state index in [1.807, 2.05) is 0 Å². The van der Waals surface area contributed by atoms with Gasteiger partial charge in [0.15, 0.2) is 5.05 Å². The van der Waals surface area contributed by atoms with Crippen molar-refractivity contribution < 1.29 is 14.9 Å². The largest absolute Gasteiger partial charge is 0.485 e. The summed E-state index contributed by atoms with van der Waals surface area (Å²) in [5, 5.41) is 17.1. The summed E-state index contributed by atoms with van der Waals surface area (Å²) < 4.78 is 4.86. The Kier molecular flexibility index (Phi) is 6.79. The van der Waals surface area contributed by atoms with Crippen molar-refractivity contribution in [3.63, 3.8) is 0 Å². The molecule has 3 nitrogen and oxygen atoms in total. The van der Waals surface area contributed by atoms with E-state index in [0.717, 1.165) is 0 Å². The Hall–Kier alpha value is -0.190. The van der Waals surface area contributed by atoms with Crippen molar-refractivity contribution in [1.29, 1.82) is 0 Å². The van der Waals surface area contributed by atoms with Crippen molar-refractivity contribution >= 4 is 17.3 Å². The van der Waals surface area contributed by atoms with Crippen LogP contribution >= 0.6 is 12.2 Å². The Morgan fingerprint density at radius 2 is 2.00 bits per heavy atom. The van der Waals surface area contributed by atoms with Gasteiger partial charge in [0.05, 0.1) is 6.61 Å². The van der Waals surface area contributed by atoms with Crippen molar-refractivity contribution in [2.24, 2.45) is 0 Å². The Bertz CT molecular complexity index is 85.0. The molecular formula is C6H12O3S. The third-order valence-corrected chi connectivity index (χ3v) is 1.22. The summed E-state index contributed by atoms with van der Waals surface area (Å²) in [5.74, 6) is 0. The molecule has 0 unspecified atom stereocenters. The van der Waals surface area contributed by atoms with E-state index in [2.05, 4.69) is 0 Å². The summed E-state index contributed by atoms with van der Waals surface area (Å²) in [6.07, 6.45) is 1.22. The molecule has 0 spiro atoms. The molecule has 0 aliphatic heterocycles. The minimum Gasteiger partial charge on any atom is -0.485 e. The summed E-state index contributed by atoms with van der Waals surface area (Å²) >= 11 is 4.74. The van der Waals surface area contributed by atoms with Gasteiger partial charge in [0.25, 0.3) is 0 Å². The van der Waals surface area contributed by atoms with Gasteiger partial charge >= 0.3 is 0 Å². The average molecular weight is 164 g/mol. The third kappa shape index (κ3) is 5.94. The quantitative estimate of drug-likeness (QED) is 0.566. The van der Waals surface area contributed by atoms with Crippen LogP contribution in [0.1, 0.15) is 12.8 Å². The van der Waals surface area contributed by atoms with Crippen molar-refractivity contribution in [1.82, 2.24) is 0 Å². The van der Waals surface area contributed by atoms with Crippen molar-refractivity contribution in [3.8, 4) is 0 Å². The summed E-state index contributed by atoms with van der Waals surface area (Å²) in [4.78, 5) is 0. The first-order valence-electron chi connectivity index (χ1n) is 3.18. The van der Waals surface area contributed by atoms with E-state index < -0.39 is 0 Å². The van der Waals surface area contributed by atoms with Crippen molar-refractivity contribution in [3.05, 3.63) is 0 Å². The monoisotopic (exact) mass is 164 g/mol. The minimum absolute atomic E-state index is 0.0146. The van der Waals surface area contributed by atoms with Gasteiger partial charge in [0.1, 0.15) is 6.61 Å². The molecular weight excluding hydrogens is 152 g/mol. The van der Waals surface area contributed by atoms with Gasteiger partial charge in [-0.1, -0.05) is 0 Å². The van der Waals surface area contributed by atoms with E-state index in [1.54, 1.807) is 0 Å². The smallest absolute Gasteiger partial charge is 0.159 e. The fourth-order valence-electron chi connectivity index (χ4n) is 0.455. The lowest BCUT2D eigenvalue weighted by Crippen LogP contribution is -2.06. The third-order valence-electron chi connectivity index (χ3n) is 0.893. The van der Waals surface area contributed by atoms with Gasteiger partial charge in [-0.05, 0) is 18.6 Å². The maximum atomic E-state index is 8.38. The zero-order valence-electron chi connectivity index (χ0n) is 5.75. The lowest BCUT2D eigenvalue weighted by Gasteiger charge is -2.03.